The summed E-state index contributed by atoms with van der Waals surface area (Å²) in [5, 5.41) is 3.17. The van der Waals surface area contributed by atoms with Crippen molar-refractivity contribution in [1.82, 2.24) is 9.97 Å². The van der Waals surface area contributed by atoms with Crippen LogP contribution in [0.4, 0.5) is 5.82 Å². The molecule has 13 heavy (non-hydrogen) atoms. The minimum atomic E-state index is -0.228. The first-order valence-electron chi connectivity index (χ1n) is 3.97. The van der Waals surface area contributed by atoms with Crippen molar-refractivity contribution in [2.24, 2.45) is 5.73 Å². The molecule has 0 saturated carbocycles. The van der Waals surface area contributed by atoms with Gasteiger partial charge in [0.05, 0.1) is 3.57 Å². The number of aromatic nitrogens is 2. The second-order valence-corrected chi connectivity index (χ2v) is 4.72. The molecule has 1 aromatic heterocycles. The number of hydrogen-bond acceptors (Lipinski definition) is 4. The van der Waals surface area contributed by atoms with Crippen LogP contribution in [0.3, 0.4) is 0 Å². The van der Waals surface area contributed by atoms with Gasteiger partial charge in [0.15, 0.2) is 0 Å². The van der Waals surface area contributed by atoms with Gasteiger partial charge < -0.3 is 11.1 Å². The van der Waals surface area contributed by atoms with Crippen molar-refractivity contribution >= 4 is 28.4 Å². The Bertz CT molecular complexity index is 282. The summed E-state index contributed by atoms with van der Waals surface area (Å²) in [6.45, 7) is 4.63. The van der Waals surface area contributed by atoms with E-state index in [9.17, 15) is 0 Å². The fourth-order valence-corrected chi connectivity index (χ4v) is 1.25. The molecule has 1 heterocycles. The molecule has 4 nitrogen and oxygen atoms in total. The summed E-state index contributed by atoms with van der Waals surface area (Å²) in [6.07, 6.45) is 3.29. The minimum absolute atomic E-state index is 0.228. The summed E-state index contributed by atoms with van der Waals surface area (Å²) < 4.78 is 1.00. The molecule has 0 unspecified atom stereocenters. The van der Waals surface area contributed by atoms with E-state index in [2.05, 4.69) is 37.9 Å². The van der Waals surface area contributed by atoms with Gasteiger partial charge in [-0.1, -0.05) is 0 Å². The maximum Gasteiger partial charge on any atom is 0.142 e. The van der Waals surface area contributed by atoms with Gasteiger partial charge in [0.1, 0.15) is 12.1 Å². The summed E-state index contributed by atoms with van der Waals surface area (Å²) in [4.78, 5) is 8.00. The summed E-state index contributed by atoms with van der Waals surface area (Å²) in [5.74, 6) is 0.842. The van der Waals surface area contributed by atoms with Gasteiger partial charge in [0.2, 0.25) is 0 Å². The first-order valence-corrected chi connectivity index (χ1v) is 5.05. The van der Waals surface area contributed by atoms with Gasteiger partial charge in [-0.2, -0.15) is 0 Å². The molecule has 0 amide bonds. The van der Waals surface area contributed by atoms with Gasteiger partial charge >= 0.3 is 0 Å². The molecular weight excluding hydrogens is 279 g/mol. The van der Waals surface area contributed by atoms with Crippen LogP contribution in [0.15, 0.2) is 12.5 Å². The molecule has 0 radical (unpaired) electrons. The highest BCUT2D eigenvalue weighted by atomic mass is 127. The number of anilines is 1. The van der Waals surface area contributed by atoms with E-state index in [0.717, 1.165) is 9.39 Å². The van der Waals surface area contributed by atoms with E-state index >= 15 is 0 Å². The number of nitrogens with two attached hydrogens (primary N) is 1. The molecule has 1 aromatic rings. The van der Waals surface area contributed by atoms with Gasteiger partial charge in [-0.25, -0.2) is 9.97 Å². The molecule has 0 aliphatic carbocycles. The number of nitrogens with zero attached hydrogens (tertiary/aromatic N) is 2. The molecule has 0 saturated heterocycles. The number of rotatable bonds is 3. The normalized spacial score (nSPS) is 11.4. The summed E-state index contributed by atoms with van der Waals surface area (Å²) in [5.41, 5.74) is 5.60. The first kappa shape index (κ1) is 10.6. The number of nitrogens with one attached hydrogen (secondary N) is 1. The second-order valence-electron chi connectivity index (χ2n) is 3.56. The van der Waals surface area contributed by atoms with Crippen molar-refractivity contribution in [3.63, 3.8) is 0 Å². The van der Waals surface area contributed by atoms with Gasteiger partial charge in [-0.15, -0.1) is 0 Å². The Morgan fingerprint density at radius 3 is 2.85 bits per heavy atom. The van der Waals surface area contributed by atoms with Crippen molar-refractivity contribution in [3.8, 4) is 0 Å². The highest BCUT2D eigenvalue weighted by Crippen LogP contribution is 2.12. The molecule has 0 bridgehead atoms. The zero-order chi connectivity index (χ0) is 9.90. The van der Waals surface area contributed by atoms with E-state index in [-0.39, 0.29) is 5.54 Å². The molecule has 0 fully saturated rings. The minimum Gasteiger partial charge on any atom is -0.367 e. The van der Waals surface area contributed by atoms with Crippen LogP contribution in [0.1, 0.15) is 13.8 Å². The van der Waals surface area contributed by atoms with Crippen LogP contribution in [-0.2, 0) is 0 Å². The van der Waals surface area contributed by atoms with Gasteiger partial charge in [0, 0.05) is 18.3 Å². The van der Waals surface area contributed by atoms with E-state index in [1.54, 1.807) is 6.20 Å². The van der Waals surface area contributed by atoms with Crippen molar-refractivity contribution in [1.29, 1.82) is 0 Å². The summed E-state index contributed by atoms with van der Waals surface area (Å²) >= 11 is 2.18. The Hall–Kier alpha value is -0.430. The number of halogens is 1. The molecular formula is C8H13IN4. The fourth-order valence-electron chi connectivity index (χ4n) is 0.754. The van der Waals surface area contributed by atoms with E-state index in [1.165, 1.54) is 6.33 Å². The van der Waals surface area contributed by atoms with Crippen LogP contribution in [0.5, 0.6) is 0 Å². The Balaban J connectivity index is 2.60. The van der Waals surface area contributed by atoms with Crippen LogP contribution in [-0.4, -0.2) is 22.1 Å². The monoisotopic (exact) mass is 292 g/mol. The van der Waals surface area contributed by atoms with Crippen molar-refractivity contribution in [2.75, 3.05) is 11.9 Å². The lowest BCUT2D eigenvalue weighted by Crippen LogP contribution is -2.39. The highest BCUT2D eigenvalue weighted by Gasteiger charge is 2.10. The largest absolute Gasteiger partial charge is 0.367 e. The van der Waals surface area contributed by atoms with Gasteiger partial charge in [-0.3, -0.25) is 0 Å². The molecule has 0 aliphatic rings. The highest BCUT2D eigenvalue weighted by molar-refractivity contribution is 14.1. The molecule has 72 valence electrons. The third kappa shape index (κ3) is 3.86. The Morgan fingerprint density at radius 2 is 2.31 bits per heavy atom. The SMILES string of the molecule is CC(C)(N)CNc1ncncc1I. The molecule has 0 aliphatic heterocycles. The molecule has 1 rings (SSSR count). The standard InChI is InChI=1S/C8H13IN4/c1-8(2,10)4-12-7-6(9)3-11-5-13-7/h3,5H,4,10H2,1-2H3,(H,11,12,13). The van der Waals surface area contributed by atoms with E-state index in [4.69, 9.17) is 5.73 Å². The third-order valence-electron chi connectivity index (χ3n) is 1.38. The molecule has 0 aromatic carbocycles. The predicted octanol–water partition coefficient (Wildman–Crippen LogP) is 1.23. The molecule has 3 N–H and O–H groups in total. The lowest BCUT2D eigenvalue weighted by atomic mass is 10.1. The summed E-state index contributed by atoms with van der Waals surface area (Å²) in [7, 11) is 0. The van der Waals surface area contributed by atoms with Crippen LogP contribution < -0.4 is 11.1 Å². The molecule has 0 atom stereocenters. The average Bonchev–Trinajstić information content (AvgIpc) is 2.01. The van der Waals surface area contributed by atoms with E-state index < -0.39 is 0 Å². The fraction of sp³-hybridized carbons (Fsp3) is 0.500. The maximum absolute atomic E-state index is 5.83. The van der Waals surface area contributed by atoms with E-state index in [0.29, 0.717) is 6.54 Å². The molecule has 5 heteroatoms. The Labute approximate surface area is 91.5 Å². The summed E-state index contributed by atoms with van der Waals surface area (Å²) in [6, 6.07) is 0. The first-order chi connectivity index (χ1) is 5.99. The predicted molar refractivity (Wildman–Crippen MR) is 61.5 cm³/mol. The van der Waals surface area contributed by atoms with Crippen LogP contribution in [0, 0.1) is 3.57 Å². The van der Waals surface area contributed by atoms with Crippen molar-refractivity contribution in [3.05, 3.63) is 16.1 Å². The van der Waals surface area contributed by atoms with Crippen LogP contribution in [0.25, 0.3) is 0 Å². The Morgan fingerprint density at radius 1 is 1.62 bits per heavy atom. The molecule has 0 spiro atoms. The van der Waals surface area contributed by atoms with Crippen molar-refractivity contribution in [2.45, 2.75) is 19.4 Å². The smallest absolute Gasteiger partial charge is 0.142 e. The van der Waals surface area contributed by atoms with Gasteiger partial charge in [0.25, 0.3) is 0 Å². The quantitative estimate of drug-likeness (QED) is 0.823. The second kappa shape index (κ2) is 4.19. The maximum atomic E-state index is 5.83. The number of hydrogen-bond donors (Lipinski definition) is 2. The third-order valence-corrected chi connectivity index (χ3v) is 2.17. The average molecular weight is 292 g/mol. The lowest BCUT2D eigenvalue weighted by molar-refractivity contribution is 0.548. The van der Waals surface area contributed by atoms with Crippen molar-refractivity contribution < 1.29 is 0 Å². The Kier molecular flexibility index (Phi) is 3.43. The van der Waals surface area contributed by atoms with E-state index in [1.807, 2.05) is 13.8 Å². The van der Waals surface area contributed by atoms with Gasteiger partial charge in [-0.05, 0) is 36.4 Å². The zero-order valence-corrected chi connectivity index (χ0v) is 9.87. The zero-order valence-electron chi connectivity index (χ0n) is 7.71. The van der Waals surface area contributed by atoms with Crippen LogP contribution >= 0.6 is 22.6 Å². The topological polar surface area (TPSA) is 63.8 Å². The van der Waals surface area contributed by atoms with Crippen LogP contribution in [0.2, 0.25) is 0 Å². The lowest BCUT2D eigenvalue weighted by Gasteiger charge is -2.19.